The van der Waals surface area contributed by atoms with E-state index in [2.05, 4.69) is 19.1 Å². The molecule has 2 N–H and O–H groups in total. The quantitative estimate of drug-likeness (QED) is 0.861. The second-order valence-electron chi connectivity index (χ2n) is 5.01. The molecule has 0 spiro atoms. The van der Waals surface area contributed by atoms with Crippen LogP contribution in [0.25, 0.3) is 0 Å². The zero-order valence-corrected chi connectivity index (χ0v) is 12.2. The molecule has 1 amide bonds. The van der Waals surface area contributed by atoms with E-state index in [1.165, 1.54) is 0 Å². The van der Waals surface area contributed by atoms with Crippen LogP contribution in [0, 0.1) is 0 Å². The fourth-order valence-electron chi connectivity index (χ4n) is 2.39. The van der Waals surface area contributed by atoms with Crippen molar-refractivity contribution in [3.8, 4) is 0 Å². The molecule has 1 aliphatic rings. The van der Waals surface area contributed by atoms with Crippen LogP contribution in [0.5, 0.6) is 0 Å². The monoisotopic (exact) mass is 278 g/mol. The Morgan fingerprint density at radius 3 is 2.84 bits per heavy atom. The van der Waals surface area contributed by atoms with E-state index < -0.39 is 0 Å². The average Bonchev–Trinajstić information content (AvgIpc) is 2.45. The molecule has 104 valence electrons. The van der Waals surface area contributed by atoms with Crippen molar-refractivity contribution in [3.05, 3.63) is 30.3 Å². The Balaban J connectivity index is 1.98. The number of thioether (sulfide) groups is 1. The fourth-order valence-corrected chi connectivity index (χ4v) is 3.44. The van der Waals surface area contributed by atoms with Gasteiger partial charge in [0.15, 0.2) is 0 Å². The smallest absolute Gasteiger partial charge is 0.236 e. The zero-order chi connectivity index (χ0) is 13.7. The van der Waals surface area contributed by atoms with Gasteiger partial charge in [-0.25, -0.2) is 0 Å². The summed E-state index contributed by atoms with van der Waals surface area (Å²) in [6.07, 6.45) is 2.91. The molecular formula is C15H22N2OS. The van der Waals surface area contributed by atoms with Crippen LogP contribution < -0.4 is 5.73 Å². The van der Waals surface area contributed by atoms with Crippen molar-refractivity contribution in [3.63, 3.8) is 0 Å². The largest absolute Gasteiger partial charge is 0.340 e. The molecule has 0 aliphatic carbocycles. The average molecular weight is 278 g/mol. The van der Waals surface area contributed by atoms with Gasteiger partial charge in [0.1, 0.15) is 0 Å². The van der Waals surface area contributed by atoms with Gasteiger partial charge in [0.25, 0.3) is 0 Å². The van der Waals surface area contributed by atoms with Crippen LogP contribution in [-0.2, 0) is 4.79 Å². The molecule has 2 atom stereocenters. The summed E-state index contributed by atoms with van der Waals surface area (Å²) in [5.74, 6) is 0.242. The van der Waals surface area contributed by atoms with E-state index in [0.717, 1.165) is 30.7 Å². The third-order valence-electron chi connectivity index (χ3n) is 3.44. The number of carbonyl (C=O) groups is 1. The number of hydrogen-bond acceptors (Lipinski definition) is 3. The second kappa shape index (κ2) is 6.96. The Morgan fingerprint density at radius 1 is 1.47 bits per heavy atom. The molecule has 4 heteroatoms. The number of hydrogen-bond donors (Lipinski definition) is 1. The molecule has 1 heterocycles. The predicted molar refractivity (Wildman–Crippen MR) is 80.2 cm³/mol. The van der Waals surface area contributed by atoms with Gasteiger partial charge in [-0.1, -0.05) is 25.1 Å². The minimum atomic E-state index is 0.00713. The van der Waals surface area contributed by atoms with Gasteiger partial charge in [-0.3, -0.25) is 4.79 Å². The molecule has 3 nitrogen and oxygen atoms in total. The Hall–Kier alpha value is -1.00. The second-order valence-corrected chi connectivity index (χ2v) is 6.29. The SMILES string of the molecule is CCC(Sc1ccccc1)C(=O)N1CCCC(N)C1. The summed E-state index contributed by atoms with van der Waals surface area (Å²) >= 11 is 1.66. The number of benzene rings is 1. The maximum Gasteiger partial charge on any atom is 0.236 e. The molecule has 0 radical (unpaired) electrons. The molecule has 1 aromatic rings. The first kappa shape index (κ1) is 14.4. The summed E-state index contributed by atoms with van der Waals surface area (Å²) < 4.78 is 0. The fraction of sp³-hybridized carbons (Fsp3) is 0.533. The Labute approximate surface area is 119 Å². The minimum absolute atomic E-state index is 0.00713. The van der Waals surface area contributed by atoms with Gasteiger partial charge in [-0.15, -0.1) is 11.8 Å². The normalized spacial score (nSPS) is 21.2. The molecular weight excluding hydrogens is 256 g/mol. The number of amides is 1. The summed E-state index contributed by atoms with van der Waals surface area (Å²) in [5.41, 5.74) is 5.96. The molecule has 2 rings (SSSR count). The van der Waals surface area contributed by atoms with Crippen molar-refractivity contribution in [1.29, 1.82) is 0 Å². The lowest BCUT2D eigenvalue weighted by Crippen LogP contribution is -2.48. The van der Waals surface area contributed by atoms with Crippen molar-refractivity contribution in [1.82, 2.24) is 4.90 Å². The lowest BCUT2D eigenvalue weighted by molar-refractivity contribution is -0.131. The van der Waals surface area contributed by atoms with Crippen molar-refractivity contribution in [2.24, 2.45) is 5.73 Å². The summed E-state index contributed by atoms with van der Waals surface area (Å²) in [4.78, 5) is 15.6. The molecule has 1 saturated heterocycles. The van der Waals surface area contributed by atoms with Crippen molar-refractivity contribution in [2.75, 3.05) is 13.1 Å². The maximum absolute atomic E-state index is 12.5. The summed E-state index contributed by atoms with van der Waals surface area (Å²) in [5, 5.41) is 0.00713. The number of likely N-dealkylation sites (tertiary alicyclic amines) is 1. The lowest BCUT2D eigenvalue weighted by Gasteiger charge is -2.33. The van der Waals surface area contributed by atoms with Crippen LogP contribution in [0.15, 0.2) is 35.2 Å². The van der Waals surface area contributed by atoms with Gasteiger partial charge >= 0.3 is 0 Å². The molecule has 2 unspecified atom stereocenters. The summed E-state index contributed by atoms with van der Waals surface area (Å²) in [7, 11) is 0. The van der Waals surface area contributed by atoms with Gasteiger partial charge in [-0.2, -0.15) is 0 Å². The van der Waals surface area contributed by atoms with E-state index in [1.807, 2.05) is 23.1 Å². The van der Waals surface area contributed by atoms with Crippen LogP contribution in [0.1, 0.15) is 26.2 Å². The molecule has 19 heavy (non-hydrogen) atoms. The van der Waals surface area contributed by atoms with E-state index in [0.29, 0.717) is 6.54 Å². The van der Waals surface area contributed by atoms with Crippen molar-refractivity contribution < 1.29 is 4.79 Å². The predicted octanol–water partition coefficient (Wildman–Crippen LogP) is 2.51. The van der Waals surface area contributed by atoms with E-state index >= 15 is 0 Å². The molecule has 1 aromatic carbocycles. The van der Waals surface area contributed by atoms with Crippen molar-refractivity contribution >= 4 is 17.7 Å². The van der Waals surface area contributed by atoms with Gasteiger partial charge in [0, 0.05) is 24.0 Å². The van der Waals surface area contributed by atoms with E-state index in [4.69, 9.17) is 5.73 Å². The lowest BCUT2D eigenvalue weighted by atomic mass is 10.1. The van der Waals surface area contributed by atoms with Gasteiger partial charge in [-0.05, 0) is 31.4 Å². The first-order chi connectivity index (χ1) is 9.20. The van der Waals surface area contributed by atoms with Gasteiger partial charge in [0.05, 0.1) is 5.25 Å². The topological polar surface area (TPSA) is 46.3 Å². The van der Waals surface area contributed by atoms with Crippen LogP contribution in [0.4, 0.5) is 0 Å². The molecule has 0 bridgehead atoms. The highest BCUT2D eigenvalue weighted by molar-refractivity contribution is 8.00. The van der Waals surface area contributed by atoms with Crippen LogP contribution in [0.2, 0.25) is 0 Å². The zero-order valence-electron chi connectivity index (χ0n) is 11.4. The number of carbonyl (C=O) groups excluding carboxylic acids is 1. The molecule has 1 aliphatic heterocycles. The molecule has 0 aromatic heterocycles. The minimum Gasteiger partial charge on any atom is -0.340 e. The van der Waals surface area contributed by atoms with Crippen LogP contribution in [-0.4, -0.2) is 35.2 Å². The summed E-state index contributed by atoms with van der Waals surface area (Å²) in [6, 6.07) is 10.3. The van der Waals surface area contributed by atoms with Crippen molar-refractivity contribution in [2.45, 2.75) is 42.4 Å². The standard InChI is InChI=1S/C15H22N2OS/c1-2-14(19-13-8-4-3-5-9-13)15(18)17-10-6-7-12(16)11-17/h3-5,8-9,12,14H,2,6-7,10-11,16H2,1H3. The number of rotatable bonds is 4. The van der Waals surface area contributed by atoms with Gasteiger partial charge in [0.2, 0.25) is 5.91 Å². The van der Waals surface area contributed by atoms with Crippen LogP contribution in [0.3, 0.4) is 0 Å². The van der Waals surface area contributed by atoms with Gasteiger partial charge < -0.3 is 10.6 Å². The summed E-state index contributed by atoms with van der Waals surface area (Å²) in [6.45, 7) is 3.64. The highest BCUT2D eigenvalue weighted by Gasteiger charge is 2.27. The number of nitrogens with zero attached hydrogens (tertiary/aromatic N) is 1. The number of nitrogens with two attached hydrogens (primary N) is 1. The highest BCUT2D eigenvalue weighted by Crippen LogP contribution is 2.27. The Morgan fingerprint density at radius 2 is 2.21 bits per heavy atom. The first-order valence-corrected chi connectivity index (χ1v) is 7.84. The number of piperidine rings is 1. The first-order valence-electron chi connectivity index (χ1n) is 6.96. The Bertz CT molecular complexity index is 410. The van der Waals surface area contributed by atoms with Crippen LogP contribution >= 0.6 is 11.8 Å². The molecule has 1 fully saturated rings. The Kier molecular flexibility index (Phi) is 5.28. The molecule has 0 saturated carbocycles. The third-order valence-corrected chi connectivity index (χ3v) is 4.80. The third kappa shape index (κ3) is 3.98. The van der Waals surface area contributed by atoms with E-state index in [9.17, 15) is 4.79 Å². The highest BCUT2D eigenvalue weighted by atomic mass is 32.2. The van der Waals surface area contributed by atoms with E-state index in [-0.39, 0.29) is 17.2 Å². The maximum atomic E-state index is 12.5. The van der Waals surface area contributed by atoms with E-state index in [1.54, 1.807) is 11.8 Å².